The Morgan fingerprint density at radius 3 is 2.32 bits per heavy atom. The summed E-state index contributed by atoms with van der Waals surface area (Å²) in [5.41, 5.74) is 0.506. The molecule has 1 nitrogen and oxygen atoms in total. The highest BCUT2D eigenvalue weighted by Crippen LogP contribution is 2.44. The van der Waals surface area contributed by atoms with Crippen molar-refractivity contribution in [3.05, 3.63) is 0 Å². The number of hydrogen-bond acceptors (Lipinski definition) is 1. The van der Waals surface area contributed by atoms with E-state index >= 15 is 0 Å². The normalized spacial score (nSPS) is 28.6. The Bertz CT molecular complexity index is 228. The van der Waals surface area contributed by atoms with Crippen molar-refractivity contribution >= 4 is 0 Å². The second-order valence-electron chi connectivity index (χ2n) is 7.70. The molecular weight excluding hydrogens is 230 g/mol. The minimum absolute atomic E-state index is 0.506. The Kier molecular flexibility index (Phi) is 7.42. The van der Waals surface area contributed by atoms with Gasteiger partial charge < -0.3 is 5.32 Å². The molecule has 1 fully saturated rings. The number of rotatable bonds is 7. The molecular formula is C18H37N. The molecule has 1 aliphatic rings. The van der Waals surface area contributed by atoms with E-state index in [1.54, 1.807) is 0 Å². The maximum atomic E-state index is 3.59. The van der Waals surface area contributed by atoms with E-state index in [1.165, 1.54) is 51.5 Å². The molecule has 0 heterocycles. The van der Waals surface area contributed by atoms with Crippen molar-refractivity contribution in [3.63, 3.8) is 0 Å². The molecule has 0 saturated heterocycles. The molecule has 114 valence electrons. The topological polar surface area (TPSA) is 12.0 Å². The molecule has 1 saturated carbocycles. The summed E-state index contributed by atoms with van der Waals surface area (Å²) < 4.78 is 0. The van der Waals surface area contributed by atoms with E-state index in [0.717, 1.165) is 24.3 Å². The second-order valence-corrected chi connectivity index (χ2v) is 7.70. The van der Waals surface area contributed by atoms with E-state index in [1.807, 2.05) is 0 Å². The van der Waals surface area contributed by atoms with E-state index in [4.69, 9.17) is 0 Å². The van der Waals surface area contributed by atoms with Gasteiger partial charge in [-0.1, -0.05) is 60.3 Å². The van der Waals surface area contributed by atoms with Gasteiger partial charge in [0.1, 0.15) is 0 Å². The Balaban J connectivity index is 2.52. The molecule has 1 N–H and O–H groups in total. The minimum Gasteiger partial charge on any atom is -0.317 e. The van der Waals surface area contributed by atoms with Crippen LogP contribution in [-0.2, 0) is 0 Å². The largest absolute Gasteiger partial charge is 0.317 e. The zero-order valence-corrected chi connectivity index (χ0v) is 14.1. The van der Waals surface area contributed by atoms with Crippen LogP contribution < -0.4 is 5.32 Å². The van der Waals surface area contributed by atoms with Crippen LogP contribution >= 0.6 is 0 Å². The summed E-state index contributed by atoms with van der Waals surface area (Å²) in [7, 11) is 0. The smallest absolute Gasteiger partial charge is 0.00180 e. The average Bonchev–Trinajstić information content (AvgIpc) is 2.36. The van der Waals surface area contributed by atoms with Gasteiger partial charge in [-0.2, -0.15) is 0 Å². The van der Waals surface area contributed by atoms with E-state index in [-0.39, 0.29) is 0 Å². The van der Waals surface area contributed by atoms with Crippen molar-refractivity contribution in [1.82, 2.24) is 5.32 Å². The first-order chi connectivity index (χ1) is 8.99. The van der Waals surface area contributed by atoms with E-state index in [2.05, 4.69) is 39.9 Å². The molecule has 3 atom stereocenters. The first-order valence-electron chi connectivity index (χ1n) is 8.69. The van der Waals surface area contributed by atoms with Crippen molar-refractivity contribution in [2.24, 2.45) is 23.2 Å². The van der Waals surface area contributed by atoms with Gasteiger partial charge in [0.2, 0.25) is 0 Å². The third kappa shape index (κ3) is 5.85. The molecule has 0 aliphatic heterocycles. The monoisotopic (exact) mass is 267 g/mol. The SMILES string of the molecule is CCCCCC1CC(C(C)(C)C)CCC1CNCC. The third-order valence-corrected chi connectivity index (χ3v) is 5.20. The number of unbranched alkanes of at least 4 members (excludes halogenated alkanes) is 2. The summed E-state index contributed by atoms with van der Waals surface area (Å²) in [4.78, 5) is 0. The summed E-state index contributed by atoms with van der Waals surface area (Å²) >= 11 is 0. The average molecular weight is 268 g/mol. The lowest BCUT2D eigenvalue weighted by Gasteiger charge is -2.42. The Hall–Kier alpha value is -0.0400. The van der Waals surface area contributed by atoms with Crippen LogP contribution in [0.15, 0.2) is 0 Å². The highest BCUT2D eigenvalue weighted by molar-refractivity contribution is 4.86. The van der Waals surface area contributed by atoms with Gasteiger partial charge in [0, 0.05) is 0 Å². The van der Waals surface area contributed by atoms with Crippen LogP contribution in [0.4, 0.5) is 0 Å². The Morgan fingerprint density at radius 1 is 1.00 bits per heavy atom. The maximum Gasteiger partial charge on any atom is -0.00180 e. The lowest BCUT2D eigenvalue weighted by molar-refractivity contribution is 0.0913. The highest BCUT2D eigenvalue weighted by Gasteiger charge is 2.35. The Morgan fingerprint density at radius 2 is 1.74 bits per heavy atom. The van der Waals surface area contributed by atoms with Gasteiger partial charge in [-0.25, -0.2) is 0 Å². The van der Waals surface area contributed by atoms with Crippen molar-refractivity contribution in [2.45, 2.75) is 79.6 Å². The first-order valence-corrected chi connectivity index (χ1v) is 8.69. The van der Waals surface area contributed by atoms with E-state index < -0.39 is 0 Å². The number of nitrogens with one attached hydrogen (secondary N) is 1. The summed E-state index contributed by atoms with van der Waals surface area (Å²) in [5, 5.41) is 3.59. The molecule has 0 radical (unpaired) electrons. The molecule has 0 spiro atoms. The van der Waals surface area contributed by atoms with Gasteiger partial charge in [0.05, 0.1) is 0 Å². The number of hydrogen-bond donors (Lipinski definition) is 1. The van der Waals surface area contributed by atoms with Crippen molar-refractivity contribution in [2.75, 3.05) is 13.1 Å². The van der Waals surface area contributed by atoms with Gasteiger partial charge in [0.25, 0.3) is 0 Å². The molecule has 1 aliphatic carbocycles. The molecule has 0 bridgehead atoms. The fourth-order valence-corrected chi connectivity index (χ4v) is 3.72. The van der Waals surface area contributed by atoms with Crippen LogP contribution in [0.3, 0.4) is 0 Å². The van der Waals surface area contributed by atoms with Crippen LogP contribution in [-0.4, -0.2) is 13.1 Å². The van der Waals surface area contributed by atoms with Gasteiger partial charge >= 0.3 is 0 Å². The first kappa shape index (κ1) is 17.0. The van der Waals surface area contributed by atoms with Crippen molar-refractivity contribution in [1.29, 1.82) is 0 Å². The van der Waals surface area contributed by atoms with E-state index in [0.29, 0.717) is 5.41 Å². The van der Waals surface area contributed by atoms with Crippen LogP contribution in [0.25, 0.3) is 0 Å². The predicted octanol–water partition coefficient (Wildman–Crippen LogP) is 5.25. The molecule has 1 heteroatoms. The standard InChI is InChI=1S/C18H37N/c1-6-8-9-10-15-13-17(18(3,4)5)12-11-16(15)14-19-7-2/h15-17,19H,6-14H2,1-5H3. The quantitative estimate of drug-likeness (QED) is 0.621. The second kappa shape index (κ2) is 8.29. The van der Waals surface area contributed by atoms with E-state index in [9.17, 15) is 0 Å². The Labute approximate surface area is 121 Å². The van der Waals surface area contributed by atoms with Crippen LogP contribution in [0.1, 0.15) is 79.6 Å². The van der Waals surface area contributed by atoms with Crippen molar-refractivity contribution in [3.8, 4) is 0 Å². The predicted molar refractivity (Wildman–Crippen MR) is 86.5 cm³/mol. The third-order valence-electron chi connectivity index (χ3n) is 5.20. The van der Waals surface area contributed by atoms with Gasteiger partial charge in [-0.05, 0) is 55.5 Å². The van der Waals surface area contributed by atoms with Gasteiger partial charge in [-0.15, -0.1) is 0 Å². The molecule has 1 rings (SSSR count). The summed E-state index contributed by atoms with van der Waals surface area (Å²) in [6, 6.07) is 0. The molecule has 0 aromatic carbocycles. The maximum absolute atomic E-state index is 3.59. The van der Waals surface area contributed by atoms with Gasteiger partial charge in [-0.3, -0.25) is 0 Å². The summed E-state index contributed by atoms with van der Waals surface area (Å²) in [6.45, 7) is 14.2. The zero-order chi connectivity index (χ0) is 14.3. The van der Waals surface area contributed by atoms with Crippen LogP contribution in [0.5, 0.6) is 0 Å². The molecule has 0 aromatic heterocycles. The zero-order valence-electron chi connectivity index (χ0n) is 14.1. The van der Waals surface area contributed by atoms with Crippen LogP contribution in [0.2, 0.25) is 0 Å². The summed E-state index contributed by atoms with van der Waals surface area (Å²) in [5.74, 6) is 2.86. The highest BCUT2D eigenvalue weighted by atomic mass is 14.8. The van der Waals surface area contributed by atoms with Crippen LogP contribution in [0, 0.1) is 23.2 Å². The fourth-order valence-electron chi connectivity index (χ4n) is 3.72. The molecule has 0 aromatic rings. The lowest BCUT2D eigenvalue weighted by atomic mass is 9.64. The lowest BCUT2D eigenvalue weighted by Crippen LogP contribution is -2.36. The molecule has 3 unspecified atom stereocenters. The molecule has 19 heavy (non-hydrogen) atoms. The fraction of sp³-hybridized carbons (Fsp3) is 1.00. The molecule has 0 amide bonds. The minimum atomic E-state index is 0.506. The van der Waals surface area contributed by atoms with Crippen molar-refractivity contribution < 1.29 is 0 Å². The van der Waals surface area contributed by atoms with Gasteiger partial charge in [0.15, 0.2) is 0 Å². The summed E-state index contributed by atoms with van der Waals surface area (Å²) in [6.07, 6.45) is 10.1.